The number of hydrogen-bond donors (Lipinski definition) is 2. The molecule has 0 saturated carbocycles. The molecule has 291 valence electrons. The number of nitrogens with one attached hydrogen (secondary N) is 2. The van der Waals surface area contributed by atoms with E-state index >= 15 is 0 Å². The first kappa shape index (κ1) is 44.5. The fourth-order valence-corrected chi connectivity index (χ4v) is 8.40. The molecule has 55 heavy (non-hydrogen) atoms. The van der Waals surface area contributed by atoms with Crippen LogP contribution in [0.2, 0.25) is 0 Å². The molecule has 0 spiro atoms. The van der Waals surface area contributed by atoms with Gasteiger partial charge in [-0.05, 0) is 153 Å². The molecular formula is C48H56CoN2O4. The fourth-order valence-electron chi connectivity index (χ4n) is 8.40. The van der Waals surface area contributed by atoms with E-state index < -0.39 is 12.1 Å². The van der Waals surface area contributed by atoms with Gasteiger partial charge < -0.3 is 10.6 Å². The van der Waals surface area contributed by atoms with E-state index in [4.69, 9.17) is 0 Å². The van der Waals surface area contributed by atoms with Crippen molar-refractivity contribution in [1.29, 1.82) is 0 Å². The van der Waals surface area contributed by atoms with Gasteiger partial charge in [-0.1, -0.05) is 70.8 Å². The molecule has 0 bridgehead atoms. The molecule has 4 rings (SSSR count). The number of Topliss-reactive ketones (excluding diaryl/α,β-unsaturated/α-hetero) is 4. The summed E-state index contributed by atoms with van der Waals surface area (Å²) < 4.78 is 0. The van der Waals surface area contributed by atoms with E-state index in [1.165, 1.54) is 13.8 Å². The van der Waals surface area contributed by atoms with Gasteiger partial charge in [-0.3, -0.25) is 19.2 Å². The molecule has 2 atom stereocenters. The normalized spacial score (nSPS) is 12.8. The maximum atomic E-state index is 14.2. The van der Waals surface area contributed by atoms with E-state index in [2.05, 4.69) is 76.4 Å². The standard InChI is InChI=1S/C48H56N2O4.Co/c1-25-15-29(5)41(30(6)16-25)45(49-23-39(37(13)51)47(53)43-33(9)19-27(3)20-34(43)10)46(42-31(7)17-26(2)18-32(42)8)50-24-40(38(14)52)48(54)44-35(11)21-28(4)22-36(44)12;/h15-24,45-46,49-50H,1-14H3;/b39-23+,40-24+;/t45-,46-;/m1./s1. The first-order valence-corrected chi connectivity index (χ1v) is 18.6. The molecule has 0 amide bonds. The van der Waals surface area contributed by atoms with Crippen molar-refractivity contribution < 1.29 is 36.0 Å². The van der Waals surface area contributed by atoms with E-state index in [0.717, 1.165) is 77.9 Å². The third kappa shape index (κ3) is 9.88. The molecule has 0 aliphatic rings. The largest absolute Gasteiger partial charge is 0.381 e. The van der Waals surface area contributed by atoms with Crippen LogP contribution in [0.25, 0.3) is 0 Å². The number of rotatable bonds is 13. The van der Waals surface area contributed by atoms with Crippen molar-refractivity contribution in [2.45, 2.75) is 109 Å². The predicted octanol–water partition coefficient (Wildman–Crippen LogP) is 10.1. The Balaban J connectivity index is 0.00000812. The van der Waals surface area contributed by atoms with E-state index in [1.807, 2.05) is 65.8 Å². The van der Waals surface area contributed by atoms with Gasteiger partial charge in [-0.25, -0.2) is 0 Å². The average molecular weight is 784 g/mol. The van der Waals surface area contributed by atoms with Crippen LogP contribution < -0.4 is 10.6 Å². The Morgan fingerprint density at radius 2 is 0.636 bits per heavy atom. The zero-order valence-corrected chi connectivity index (χ0v) is 35.9. The minimum Gasteiger partial charge on any atom is -0.381 e. The summed E-state index contributed by atoms with van der Waals surface area (Å²) in [5, 5.41) is 7.12. The first-order chi connectivity index (χ1) is 25.2. The number of allylic oxidation sites excluding steroid dienone is 2. The molecule has 0 unspecified atom stereocenters. The molecule has 7 heteroatoms. The summed E-state index contributed by atoms with van der Waals surface area (Å²) in [7, 11) is 0. The van der Waals surface area contributed by atoms with Crippen molar-refractivity contribution in [3.8, 4) is 0 Å². The molecule has 0 aromatic heterocycles. The Morgan fingerprint density at radius 3 is 0.855 bits per heavy atom. The van der Waals surface area contributed by atoms with Crippen molar-refractivity contribution in [3.63, 3.8) is 0 Å². The number of ketones is 4. The molecule has 0 aliphatic heterocycles. The summed E-state index contributed by atoms with van der Waals surface area (Å²) in [6, 6.07) is 15.2. The third-order valence-electron chi connectivity index (χ3n) is 10.3. The van der Waals surface area contributed by atoms with Crippen LogP contribution in [0.3, 0.4) is 0 Å². The quantitative estimate of drug-likeness (QED) is 0.0607. The van der Waals surface area contributed by atoms with Gasteiger partial charge in [0.1, 0.15) is 0 Å². The van der Waals surface area contributed by atoms with Gasteiger partial charge in [-0.2, -0.15) is 0 Å². The van der Waals surface area contributed by atoms with Crippen LogP contribution in [0.5, 0.6) is 0 Å². The summed E-state index contributed by atoms with van der Waals surface area (Å²) >= 11 is 0. The second-order valence-corrected chi connectivity index (χ2v) is 15.3. The molecule has 2 N–H and O–H groups in total. The monoisotopic (exact) mass is 783 g/mol. The molecule has 0 fully saturated rings. The number of carbonyl (C=O) groups excluding carboxylic acids is 4. The zero-order chi connectivity index (χ0) is 40.3. The van der Waals surface area contributed by atoms with Crippen molar-refractivity contribution in [1.82, 2.24) is 10.6 Å². The van der Waals surface area contributed by atoms with Gasteiger partial charge in [0, 0.05) is 40.3 Å². The zero-order valence-electron chi connectivity index (χ0n) is 34.9. The second-order valence-electron chi connectivity index (χ2n) is 15.3. The van der Waals surface area contributed by atoms with E-state index in [-0.39, 0.29) is 51.1 Å². The molecule has 4 aromatic rings. The van der Waals surface area contributed by atoms with Crippen LogP contribution >= 0.6 is 0 Å². The molecule has 0 saturated heterocycles. The Bertz CT molecular complexity index is 2010. The van der Waals surface area contributed by atoms with Crippen LogP contribution in [0.4, 0.5) is 0 Å². The predicted molar refractivity (Wildman–Crippen MR) is 221 cm³/mol. The second kappa shape index (κ2) is 18.2. The van der Waals surface area contributed by atoms with Gasteiger partial charge in [-0.15, -0.1) is 0 Å². The molecule has 6 nitrogen and oxygen atoms in total. The Hall–Kier alpha value is -4.85. The Labute approximate surface area is 338 Å². The van der Waals surface area contributed by atoms with Crippen molar-refractivity contribution in [3.05, 3.63) is 161 Å². The minimum atomic E-state index is -0.560. The van der Waals surface area contributed by atoms with Gasteiger partial charge in [0.15, 0.2) is 23.1 Å². The smallest absolute Gasteiger partial charge is 0.198 e. The first-order valence-electron chi connectivity index (χ1n) is 18.6. The van der Waals surface area contributed by atoms with E-state index in [9.17, 15) is 19.2 Å². The maximum absolute atomic E-state index is 14.2. The summed E-state index contributed by atoms with van der Waals surface area (Å²) in [6.07, 6.45) is 3.11. The van der Waals surface area contributed by atoms with Gasteiger partial charge in [0.25, 0.3) is 0 Å². The Morgan fingerprint density at radius 1 is 0.418 bits per heavy atom. The maximum Gasteiger partial charge on any atom is 0.198 e. The average Bonchev–Trinajstić information content (AvgIpc) is 3.01. The number of benzene rings is 4. The van der Waals surface area contributed by atoms with Crippen molar-refractivity contribution in [2.75, 3.05) is 0 Å². The van der Waals surface area contributed by atoms with Crippen LogP contribution in [0, 0.1) is 83.1 Å². The Kier molecular flexibility index (Phi) is 14.7. The van der Waals surface area contributed by atoms with Crippen LogP contribution in [-0.4, -0.2) is 23.1 Å². The summed E-state index contributed by atoms with van der Waals surface area (Å²) in [5.41, 5.74) is 14.6. The van der Waals surface area contributed by atoms with Crippen molar-refractivity contribution in [2.24, 2.45) is 0 Å². The van der Waals surface area contributed by atoms with Crippen LogP contribution in [-0.2, 0) is 26.4 Å². The SMILES string of the molecule is CC(=O)/C(=C\N[C@H](c1c(C)cc(C)cc1C)[C@H](N/C=C(\C(C)=O)C(=O)c1c(C)cc(C)cc1C)c1c(C)cc(C)cc1C)C(=O)c1c(C)cc(C)cc1C.[Co]. The van der Waals surface area contributed by atoms with Crippen LogP contribution in [0.15, 0.2) is 72.1 Å². The molecular weight excluding hydrogens is 727 g/mol. The molecule has 1 radical (unpaired) electrons. The number of aryl methyl sites for hydroxylation is 12. The van der Waals surface area contributed by atoms with Crippen LogP contribution in [0.1, 0.15) is 125 Å². The topological polar surface area (TPSA) is 92.3 Å². The summed E-state index contributed by atoms with van der Waals surface area (Å²) in [5.74, 6) is -1.41. The van der Waals surface area contributed by atoms with E-state index in [0.29, 0.717) is 11.1 Å². The third-order valence-corrected chi connectivity index (χ3v) is 10.3. The van der Waals surface area contributed by atoms with E-state index in [1.54, 1.807) is 12.4 Å². The van der Waals surface area contributed by atoms with Crippen molar-refractivity contribution >= 4 is 23.1 Å². The number of carbonyl (C=O) groups is 4. The fraction of sp³-hybridized carbons (Fsp3) is 0.333. The summed E-state index contributed by atoms with van der Waals surface area (Å²) in [6.45, 7) is 26.7. The number of hydrogen-bond acceptors (Lipinski definition) is 6. The van der Waals surface area contributed by atoms with Gasteiger partial charge in [0.05, 0.1) is 23.2 Å². The molecule has 0 aliphatic carbocycles. The molecule has 0 heterocycles. The van der Waals surface area contributed by atoms with Gasteiger partial charge >= 0.3 is 0 Å². The molecule has 4 aromatic carbocycles. The summed E-state index contributed by atoms with van der Waals surface area (Å²) in [4.78, 5) is 55.0. The minimum absolute atomic E-state index is 0. The van der Waals surface area contributed by atoms with Gasteiger partial charge in [0.2, 0.25) is 0 Å².